The molecule has 1 N–H and O–H groups in total. The number of nitrogens with one attached hydrogen (secondary N) is 1. The fourth-order valence-corrected chi connectivity index (χ4v) is 5.37. The predicted octanol–water partition coefficient (Wildman–Crippen LogP) is 7.91. The zero-order chi connectivity index (χ0) is 29.5. The molecule has 0 atom stereocenters. The highest BCUT2D eigenvalue weighted by atomic mass is 32.1. The van der Waals surface area contributed by atoms with Crippen LogP contribution in [0.15, 0.2) is 88.8 Å². The minimum Gasteiger partial charge on any atom is -0.488 e. The molecule has 0 bridgehead atoms. The molecule has 0 radical (unpaired) electrons. The highest BCUT2D eigenvalue weighted by Gasteiger charge is 2.29. The van der Waals surface area contributed by atoms with Crippen LogP contribution in [0.4, 0.5) is 0 Å². The first-order chi connectivity index (χ1) is 20.5. The van der Waals surface area contributed by atoms with Gasteiger partial charge in [0.05, 0.1) is 16.0 Å². The smallest absolute Gasteiger partial charge is 0.274 e. The molecule has 0 aliphatic rings. The lowest BCUT2D eigenvalue weighted by Crippen LogP contribution is -2.23. The lowest BCUT2D eigenvalue weighted by molar-refractivity contribution is 0.0947. The number of thiophene rings is 1. The van der Waals surface area contributed by atoms with Crippen molar-refractivity contribution >= 4 is 23.5 Å². The number of hydrogen-bond donors (Lipinski definition) is 1. The van der Waals surface area contributed by atoms with Crippen molar-refractivity contribution in [1.82, 2.24) is 10.5 Å². The third-order valence-corrected chi connectivity index (χ3v) is 7.61. The van der Waals surface area contributed by atoms with E-state index in [-0.39, 0.29) is 17.5 Å². The van der Waals surface area contributed by atoms with Gasteiger partial charge in [0.15, 0.2) is 17.7 Å². The molecule has 0 unspecified atom stereocenters. The lowest BCUT2D eigenvalue weighted by atomic mass is 9.94. The van der Waals surface area contributed by atoms with Crippen molar-refractivity contribution in [3.05, 3.63) is 112 Å². The van der Waals surface area contributed by atoms with Gasteiger partial charge in [-0.3, -0.25) is 9.59 Å². The van der Waals surface area contributed by atoms with Crippen molar-refractivity contribution < 1.29 is 23.6 Å². The summed E-state index contributed by atoms with van der Waals surface area (Å²) in [4.78, 5) is 25.5. The van der Waals surface area contributed by atoms with Crippen LogP contribution in [0, 0.1) is 0 Å². The molecule has 42 heavy (non-hydrogen) atoms. The van der Waals surface area contributed by atoms with E-state index >= 15 is 0 Å². The molecule has 7 nitrogen and oxygen atoms in total. The Kier molecular flexibility index (Phi) is 9.14. The van der Waals surface area contributed by atoms with Crippen LogP contribution in [0.1, 0.15) is 63.5 Å². The first-order valence-electron chi connectivity index (χ1n) is 13.8. The second kappa shape index (κ2) is 13.3. The van der Waals surface area contributed by atoms with Gasteiger partial charge in [-0.15, -0.1) is 11.3 Å². The van der Waals surface area contributed by atoms with Crippen LogP contribution in [0.25, 0.3) is 22.5 Å². The van der Waals surface area contributed by atoms with Gasteiger partial charge in [0.2, 0.25) is 0 Å². The lowest BCUT2D eigenvalue weighted by Gasteiger charge is -2.19. The largest absolute Gasteiger partial charge is 0.488 e. The summed E-state index contributed by atoms with van der Waals surface area (Å²) >= 11 is 1.29. The summed E-state index contributed by atoms with van der Waals surface area (Å²) in [7, 11) is 0. The zero-order valence-electron chi connectivity index (χ0n) is 23.8. The summed E-state index contributed by atoms with van der Waals surface area (Å²) < 4.78 is 18.7. The number of ether oxygens (including phenoxy) is 2. The fraction of sp³-hybridized carbons (Fsp3) is 0.206. The van der Waals surface area contributed by atoms with E-state index < -0.39 is 0 Å². The number of nitrogens with zero attached hydrogens (tertiary/aromatic N) is 1. The van der Waals surface area contributed by atoms with Gasteiger partial charge in [-0.1, -0.05) is 79.7 Å². The Bertz CT molecular complexity index is 1660. The maximum Gasteiger partial charge on any atom is 0.274 e. The van der Waals surface area contributed by atoms with E-state index in [4.69, 9.17) is 14.0 Å². The fourth-order valence-electron chi connectivity index (χ4n) is 4.66. The molecule has 0 spiro atoms. The molecule has 2 heterocycles. The third kappa shape index (κ3) is 6.29. The van der Waals surface area contributed by atoms with Crippen molar-refractivity contribution in [3.8, 4) is 33.9 Å². The predicted molar refractivity (Wildman–Crippen MR) is 164 cm³/mol. The molecule has 5 rings (SSSR count). The Hall–Kier alpha value is -4.69. The molecule has 0 saturated carbocycles. The van der Waals surface area contributed by atoms with Crippen molar-refractivity contribution in [2.45, 2.75) is 39.9 Å². The van der Waals surface area contributed by atoms with Gasteiger partial charge < -0.3 is 19.3 Å². The Labute approximate surface area is 249 Å². The first-order valence-corrected chi connectivity index (χ1v) is 14.7. The molecule has 3 aromatic carbocycles. The topological polar surface area (TPSA) is 90.7 Å². The van der Waals surface area contributed by atoms with E-state index in [1.165, 1.54) is 11.3 Å². The van der Waals surface area contributed by atoms with E-state index in [0.29, 0.717) is 58.6 Å². The van der Waals surface area contributed by atoms with Gasteiger partial charge in [0.1, 0.15) is 24.7 Å². The summed E-state index contributed by atoms with van der Waals surface area (Å²) in [5, 5.41) is 8.80. The molecule has 5 aromatic rings. The second-order valence-electron chi connectivity index (χ2n) is 10.0. The monoisotopic (exact) mass is 580 g/mol. The highest BCUT2D eigenvalue weighted by Crippen LogP contribution is 2.45. The molecule has 2 aromatic heterocycles. The van der Waals surface area contributed by atoms with Gasteiger partial charge in [0.25, 0.3) is 5.91 Å². The Morgan fingerprint density at radius 2 is 1.57 bits per heavy atom. The minimum absolute atomic E-state index is 0.0959. The molecular weight excluding hydrogens is 548 g/mol. The van der Waals surface area contributed by atoms with Crippen LogP contribution in [0.5, 0.6) is 11.5 Å². The molecule has 1 amide bonds. The second-order valence-corrected chi connectivity index (χ2v) is 10.9. The number of aldehydes is 1. The average molecular weight is 581 g/mol. The van der Waals surface area contributed by atoms with Crippen molar-refractivity contribution in [1.29, 1.82) is 0 Å². The van der Waals surface area contributed by atoms with Crippen LogP contribution < -0.4 is 14.8 Å². The van der Waals surface area contributed by atoms with E-state index in [0.717, 1.165) is 23.0 Å². The van der Waals surface area contributed by atoms with Gasteiger partial charge in [-0.25, -0.2) is 0 Å². The van der Waals surface area contributed by atoms with Gasteiger partial charge in [-0.2, -0.15) is 0 Å². The standard InChI is InChI=1S/C34H32N2O5S/c1-4-35-34(38)32-31(25-15-16-42-30(25)19-37)33(41-36-32)27-17-26(22(2)3)28(39-20-23-11-7-5-8-12-23)18-29(27)40-21-24-13-9-6-10-14-24/h5-19,22H,4,20-21H2,1-3H3,(H,35,38). The minimum atomic E-state index is -0.385. The van der Waals surface area contributed by atoms with E-state index in [2.05, 4.69) is 24.3 Å². The molecule has 0 fully saturated rings. The van der Waals surface area contributed by atoms with Crippen molar-refractivity contribution in [2.24, 2.45) is 0 Å². The normalized spacial score (nSPS) is 11.0. The molecule has 0 saturated heterocycles. The van der Waals surface area contributed by atoms with Crippen LogP contribution >= 0.6 is 11.3 Å². The van der Waals surface area contributed by atoms with Crippen molar-refractivity contribution in [2.75, 3.05) is 6.54 Å². The van der Waals surface area contributed by atoms with Gasteiger partial charge in [-0.05, 0) is 47.0 Å². The van der Waals surface area contributed by atoms with E-state index in [1.54, 1.807) is 6.07 Å². The van der Waals surface area contributed by atoms with Crippen LogP contribution in [0.2, 0.25) is 0 Å². The SMILES string of the molecule is CCNC(=O)c1noc(-c2cc(C(C)C)c(OCc3ccccc3)cc2OCc2ccccc2)c1-c1ccsc1C=O. The van der Waals surface area contributed by atoms with E-state index in [1.807, 2.05) is 85.1 Å². The van der Waals surface area contributed by atoms with E-state index in [9.17, 15) is 9.59 Å². The number of aromatic nitrogens is 1. The van der Waals surface area contributed by atoms with Crippen LogP contribution in [-0.2, 0) is 13.2 Å². The summed E-state index contributed by atoms with van der Waals surface area (Å²) in [6.07, 6.45) is 0.783. The highest BCUT2D eigenvalue weighted by molar-refractivity contribution is 7.12. The molecular formula is C34H32N2O5S. The molecule has 0 aliphatic heterocycles. The zero-order valence-corrected chi connectivity index (χ0v) is 24.6. The van der Waals surface area contributed by atoms with Gasteiger partial charge in [0, 0.05) is 18.2 Å². The summed E-state index contributed by atoms with van der Waals surface area (Å²) in [6.45, 7) is 7.12. The first kappa shape index (κ1) is 28.8. The van der Waals surface area contributed by atoms with Crippen molar-refractivity contribution in [3.63, 3.8) is 0 Å². The molecule has 8 heteroatoms. The van der Waals surface area contributed by atoms with Crippen LogP contribution in [-0.4, -0.2) is 23.9 Å². The number of benzene rings is 3. The number of carbonyl (C=O) groups is 2. The summed E-state index contributed by atoms with van der Waals surface area (Å²) in [5.74, 6) is 1.25. The average Bonchev–Trinajstić information content (AvgIpc) is 3.67. The van der Waals surface area contributed by atoms with Crippen LogP contribution in [0.3, 0.4) is 0 Å². The number of hydrogen-bond acceptors (Lipinski definition) is 7. The number of rotatable bonds is 12. The molecule has 0 aliphatic carbocycles. The number of carbonyl (C=O) groups excluding carboxylic acids is 2. The maximum atomic E-state index is 13.1. The maximum absolute atomic E-state index is 13.1. The summed E-state index contributed by atoms with van der Waals surface area (Å²) in [6, 6.07) is 25.5. The number of amides is 1. The Morgan fingerprint density at radius 1 is 0.929 bits per heavy atom. The quantitative estimate of drug-likeness (QED) is 0.151. The summed E-state index contributed by atoms with van der Waals surface area (Å²) in [5.41, 5.74) is 4.73. The molecule has 214 valence electrons. The van der Waals surface area contributed by atoms with Gasteiger partial charge >= 0.3 is 0 Å². The Morgan fingerprint density at radius 3 is 2.17 bits per heavy atom. The Balaban J connectivity index is 1.67. The third-order valence-electron chi connectivity index (χ3n) is 6.77.